The zero-order valence-electron chi connectivity index (χ0n) is 16.3. The van der Waals surface area contributed by atoms with Crippen molar-refractivity contribution < 1.29 is 14.3 Å². The molecule has 29 heavy (non-hydrogen) atoms. The molecule has 0 saturated carbocycles. The maximum Gasteiger partial charge on any atom is 0.228 e. The van der Waals surface area contributed by atoms with Crippen LogP contribution in [0, 0.1) is 0 Å². The molecule has 0 fully saturated rings. The topological polar surface area (TPSA) is 67.4 Å². The summed E-state index contributed by atoms with van der Waals surface area (Å²) in [4.78, 5) is 25.4. The van der Waals surface area contributed by atoms with Crippen molar-refractivity contribution >= 4 is 28.8 Å². The van der Waals surface area contributed by atoms with E-state index in [9.17, 15) is 9.59 Å². The molecule has 5 nitrogen and oxygen atoms in total. The number of hydrogen-bond acceptors (Lipinski definition) is 4. The highest BCUT2D eigenvalue weighted by molar-refractivity contribution is 7.09. The molecule has 3 rings (SSSR count). The van der Waals surface area contributed by atoms with Crippen molar-refractivity contribution in [3.8, 4) is 5.75 Å². The van der Waals surface area contributed by atoms with E-state index in [-0.39, 0.29) is 11.8 Å². The van der Waals surface area contributed by atoms with Crippen molar-refractivity contribution in [1.82, 2.24) is 5.32 Å². The fraction of sp³-hybridized carbons (Fsp3) is 0.217. The predicted octanol–water partition coefficient (Wildman–Crippen LogP) is 4.19. The van der Waals surface area contributed by atoms with Gasteiger partial charge in [0.25, 0.3) is 0 Å². The average Bonchev–Trinajstić information content (AvgIpc) is 3.23. The molecule has 0 aliphatic heterocycles. The van der Waals surface area contributed by atoms with Crippen LogP contribution < -0.4 is 15.4 Å². The van der Waals surface area contributed by atoms with Crippen molar-refractivity contribution in [2.24, 2.45) is 0 Å². The van der Waals surface area contributed by atoms with Crippen LogP contribution in [0.5, 0.6) is 5.75 Å². The normalized spacial score (nSPS) is 10.4. The zero-order chi connectivity index (χ0) is 20.5. The summed E-state index contributed by atoms with van der Waals surface area (Å²) < 4.78 is 5.41. The van der Waals surface area contributed by atoms with Crippen LogP contribution in [0.1, 0.15) is 22.9 Å². The fourth-order valence-electron chi connectivity index (χ4n) is 2.81. The van der Waals surface area contributed by atoms with Crippen LogP contribution in [0.15, 0.2) is 66.0 Å². The molecule has 6 heteroatoms. The first-order chi connectivity index (χ1) is 14.1. The molecular weight excluding hydrogens is 384 g/mol. The van der Waals surface area contributed by atoms with Gasteiger partial charge in [0.1, 0.15) is 5.75 Å². The van der Waals surface area contributed by atoms with Crippen LogP contribution in [0.4, 0.5) is 5.69 Å². The predicted molar refractivity (Wildman–Crippen MR) is 116 cm³/mol. The van der Waals surface area contributed by atoms with Crippen LogP contribution in [-0.2, 0) is 29.0 Å². The molecule has 2 aromatic carbocycles. The first-order valence-electron chi connectivity index (χ1n) is 9.52. The molecule has 0 aliphatic carbocycles. The smallest absolute Gasteiger partial charge is 0.228 e. The summed E-state index contributed by atoms with van der Waals surface area (Å²) in [6.45, 7) is 3.10. The van der Waals surface area contributed by atoms with E-state index in [0.717, 1.165) is 21.8 Å². The average molecular weight is 409 g/mol. The summed E-state index contributed by atoms with van der Waals surface area (Å²) >= 11 is 1.62. The molecule has 150 valence electrons. The highest BCUT2D eigenvalue weighted by Crippen LogP contribution is 2.14. The first kappa shape index (κ1) is 20.6. The highest BCUT2D eigenvalue weighted by Gasteiger charge is 2.07. The van der Waals surface area contributed by atoms with Gasteiger partial charge in [0.15, 0.2) is 0 Å². The Morgan fingerprint density at radius 1 is 0.897 bits per heavy atom. The van der Waals surface area contributed by atoms with Gasteiger partial charge in [-0.05, 0) is 53.8 Å². The Hall–Kier alpha value is -3.12. The van der Waals surface area contributed by atoms with Gasteiger partial charge in [-0.25, -0.2) is 0 Å². The number of thiophene rings is 1. The molecule has 0 saturated heterocycles. The summed E-state index contributed by atoms with van der Waals surface area (Å²) in [5.74, 6) is 0.688. The van der Waals surface area contributed by atoms with Crippen molar-refractivity contribution in [1.29, 1.82) is 0 Å². The molecule has 1 heterocycles. The lowest BCUT2D eigenvalue weighted by Crippen LogP contribution is -2.24. The number of anilines is 1. The van der Waals surface area contributed by atoms with Gasteiger partial charge in [-0.3, -0.25) is 9.59 Å². The molecule has 0 aliphatic rings. The van der Waals surface area contributed by atoms with E-state index in [2.05, 4.69) is 10.6 Å². The molecule has 0 atom stereocenters. The number of carbonyl (C=O) groups excluding carboxylic acids is 2. The summed E-state index contributed by atoms with van der Waals surface area (Å²) in [6.07, 6.45) is 0.602. The number of ether oxygens (including phenoxy) is 1. The molecule has 2 amide bonds. The van der Waals surface area contributed by atoms with Crippen LogP contribution in [0.3, 0.4) is 0 Å². The summed E-state index contributed by atoms with van der Waals surface area (Å²) in [5, 5.41) is 7.79. The van der Waals surface area contributed by atoms with E-state index >= 15 is 0 Å². The first-order valence-corrected chi connectivity index (χ1v) is 10.4. The number of rotatable bonds is 9. The molecule has 0 unspecified atom stereocenters. The Kier molecular flexibility index (Phi) is 7.41. The van der Waals surface area contributed by atoms with Gasteiger partial charge in [0, 0.05) is 10.6 Å². The third kappa shape index (κ3) is 6.76. The number of carbonyl (C=O) groups is 2. The van der Waals surface area contributed by atoms with E-state index in [0.29, 0.717) is 31.7 Å². The quantitative estimate of drug-likeness (QED) is 0.558. The van der Waals surface area contributed by atoms with Crippen molar-refractivity contribution in [2.45, 2.75) is 26.3 Å². The Bertz CT molecular complexity index is 920. The minimum absolute atomic E-state index is 0.0225. The Labute approximate surface area is 174 Å². The number of benzene rings is 2. The molecule has 1 aromatic heterocycles. The van der Waals surface area contributed by atoms with Crippen LogP contribution in [0.25, 0.3) is 0 Å². The standard InChI is InChI=1S/C23H24N2O3S/c1-2-28-20-11-7-18(8-12-20)15-23(27)25-19-9-5-17(6-10-19)14-22(26)24-16-21-4-3-13-29-21/h3-13H,2,14-16H2,1H3,(H,24,26)(H,25,27). The summed E-state index contributed by atoms with van der Waals surface area (Å²) in [5.41, 5.74) is 2.53. The lowest BCUT2D eigenvalue weighted by molar-refractivity contribution is -0.120. The lowest BCUT2D eigenvalue weighted by Gasteiger charge is -2.08. The maximum absolute atomic E-state index is 12.2. The second-order valence-electron chi connectivity index (χ2n) is 6.53. The molecule has 0 spiro atoms. The third-order valence-electron chi connectivity index (χ3n) is 4.24. The fourth-order valence-corrected chi connectivity index (χ4v) is 3.46. The van der Waals surface area contributed by atoms with Crippen LogP contribution in [-0.4, -0.2) is 18.4 Å². The lowest BCUT2D eigenvalue weighted by atomic mass is 10.1. The largest absolute Gasteiger partial charge is 0.494 e. The van der Waals surface area contributed by atoms with Gasteiger partial charge in [0.05, 0.1) is 26.0 Å². The molecule has 0 radical (unpaired) electrons. The van der Waals surface area contributed by atoms with Crippen molar-refractivity contribution in [2.75, 3.05) is 11.9 Å². The van der Waals surface area contributed by atoms with E-state index in [1.54, 1.807) is 11.3 Å². The molecule has 2 N–H and O–H groups in total. The monoisotopic (exact) mass is 408 g/mol. The van der Waals surface area contributed by atoms with Crippen LogP contribution >= 0.6 is 11.3 Å². The summed E-state index contributed by atoms with van der Waals surface area (Å²) in [7, 11) is 0. The van der Waals surface area contributed by atoms with Crippen molar-refractivity contribution in [3.05, 3.63) is 82.0 Å². The maximum atomic E-state index is 12.2. The Morgan fingerprint density at radius 2 is 1.55 bits per heavy atom. The zero-order valence-corrected chi connectivity index (χ0v) is 17.1. The Balaban J connectivity index is 1.45. The minimum Gasteiger partial charge on any atom is -0.494 e. The van der Waals surface area contributed by atoms with Gasteiger partial charge in [0.2, 0.25) is 11.8 Å². The second-order valence-corrected chi connectivity index (χ2v) is 7.56. The van der Waals surface area contributed by atoms with Crippen LogP contribution in [0.2, 0.25) is 0 Å². The van der Waals surface area contributed by atoms with Gasteiger partial charge in [-0.2, -0.15) is 0 Å². The SMILES string of the molecule is CCOc1ccc(CC(=O)Nc2ccc(CC(=O)NCc3cccs3)cc2)cc1. The molecular formula is C23H24N2O3S. The van der Waals surface area contributed by atoms with Gasteiger partial charge in [-0.1, -0.05) is 30.3 Å². The second kappa shape index (κ2) is 10.4. The number of hydrogen-bond donors (Lipinski definition) is 2. The minimum atomic E-state index is -0.0874. The van der Waals surface area contributed by atoms with E-state index < -0.39 is 0 Å². The number of nitrogens with one attached hydrogen (secondary N) is 2. The van der Waals surface area contributed by atoms with Gasteiger partial charge >= 0.3 is 0 Å². The molecule has 3 aromatic rings. The van der Waals surface area contributed by atoms with Gasteiger partial charge < -0.3 is 15.4 Å². The summed E-state index contributed by atoms with van der Waals surface area (Å²) in [6, 6.07) is 18.8. The Morgan fingerprint density at radius 3 is 2.17 bits per heavy atom. The van der Waals surface area contributed by atoms with E-state index in [1.165, 1.54) is 0 Å². The molecule has 0 bridgehead atoms. The highest BCUT2D eigenvalue weighted by atomic mass is 32.1. The van der Waals surface area contributed by atoms with E-state index in [1.807, 2.05) is 73.0 Å². The van der Waals surface area contributed by atoms with Crippen molar-refractivity contribution in [3.63, 3.8) is 0 Å². The number of amides is 2. The van der Waals surface area contributed by atoms with E-state index in [4.69, 9.17) is 4.74 Å². The third-order valence-corrected chi connectivity index (χ3v) is 5.12. The van der Waals surface area contributed by atoms with Gasteiger partial charge in [-0.15, -0.1) is 11.3 Å².